The first-order valence-corrected chi connectivity index (χ1v) is 11.9. The average Bonchev–Trinajstić information content (AvgIpc) is 2.50. The van der Waals surface area contributed by atoms with Crippen LogP contribution in [0, 0.1) is 0 Å². The van der Waals surface area contributed by atoms with E-state index >= 15 is 0 Å². The molecule has 0 atom stereocenters. The van der Waals surface area contributed by atoms with Crippen LogP contribution in [0.5, 0.6) is 0 Å². The Morgan fingerprint density at radius 1 is 0.281 bits per heavy atom. The van der Waals surface area contributed by atoms with E-state index in [-0.39, 0.29) is 67.9 Å². The van der Waals surface area contributed by atoms with Gasteiger partial charge in [-0.05, 0) is 25.7 Å². The highest BCUT2D eigenvalue weighted by molar-refractivity contribution is 4.47. The van der Waals surface area contributed by atoms with Crippen LogP contribution >= 0.6 is 0 Å². The van der Waals surface area contributed by atoms with Crippen LogP contribution in [0.3, 0.4) is 0 Å². The first-order chi connectivity index (χ1) is 12.6. The third-order valence-electron chi connectivity index (χ3n) is 5.96. The van der Waals surface area contributed by atoms with Crippen LogP contribution in [0.1, 0.15) is 51.4 Å². The maximum atomic E-state index is 2.42. The van der Waals surface area contributed by atoms with Crippen LogP contribution in [0.25, 0.3) is 0 Å². The standard InChI is InChI=1S/C24H58N4.4BrH/c1-25(2,3)19-15-17-23-27(7,8)21-13-11-12-14-22-28(9,10)24-18-16-20-26(4,5)6;;;;/h11-24H2,1-10H3;4*1H/q+4;;;;/p-4. The molecule has 0 aliphatic heterocycles. The van der Waals surface area contributed by atoms with Gasteiger partial charge in [-0.25, -0.2) is 0 Å². The molecule has 0 unspecified atom stereocenters. The van der Waals surface area contributed by atoms with E-state index < -0.39 is 0 Å². The molecule has 0 heterocycles. The monoisotopic (exact) mass is 718 g/mol. The van der Waals surface area contributed by atoms with Crippen molar-refractivity contribution >= 4 is 0 Å². The van der Waals surface area contributed by atoms with Crippen LogP contribution in [0.15, 0.2) is 0 Å². The lowest BCUT2D eigenvalue weighted by atomic mass is 10.1. The van der Waals surface area contributed by atoms with Crippen molar-refractivity contribution in [1.82, 2.24) is 0 Å². The second-order valence-corrected chi connectivity index (χ2v) is 12.6. The Balaban J connectivity index is -0.000000607. The molecule has 0 aromatic heterocycles. The molecule has 0 rings (SSSR count). The fourth-order valence-electron chi connectivity index (χ4n) is 3.91. The van der Waals surface area contributed by atoms with Gasteiger partial charge in [-0.3, -0.25) is 0 Å². The van der Waals surface area contributed by atoms with E-state index in [1.165, 1.54) is 99.6 Å². The topological polar surface area (TPSA) is 0 Å². The summed E-state index contributed by atoms with van der Waals surface area (Å²) in [4.78, 5) is 0. The summed E-state index contributed by atoms with van der Waals surface area (Å²) in [7, 11) is 23.5. The SMILES string of the molecule is C[N+](C)(C)CCCC[N+](C)(C)CCCCCC[N+](C)(C)CCCC[N+](C)(C)C.[Br-].[Br-].[Br-].[Br-]. The summed E-state index contributed by atoms with van der Waals surface area (Å²) in [6.45, 7) is 7.93. The smallest absolute Gasteiger partial charge is 0.0784 e. The van der Waals surface area contributed by atoms with E-state index in [0.717, 1.165) is 8.97 Å². The first-order valence-electron chi connectivity index (χ1n) is 11.9. The molecule has 0 fully saturated rings. The van der Waals surface area contributed by atoms with Crippen molar-refractivity contribution in [3.63, 3.8) is 0 Å². The van der Waals surface area contributed by atoms with Gasteiger partial charge in [-0.15, -0.1) is 0 Å². The molecule has 0 saturated heterocycles. The first kappa shape index (κ1) is 43.8. The summed E-state index contributed by atoms with van der Waals surface area (Å²) in [6, 6.07) is 0. The molecule has 0 aliphatic rings. The maximum Gasteiger partial charge on any atom is 0.0784 e. The summed E-state index contributed by atoms with van der Waals surface area (Å²) in [5, 5.41) is 0. The van der Waals surface area contributed by atoms with Crippen LogP contribution in [0.4, 0.5) is 0 Å². The summed E-state index contributed by atoms with van der Waals surface area (Å²) in [5.74, 6) is 0. The number of hydrogen-bond donors (Lipinski definition) is 0. The van der Waals surface area contributed by atoms with Crippen molar-refractivity contribution in [2.24, 2.45) is 0 Å². The van der Waals surface area contributed by atoms with Gasteiger partial charge in [0.25, 0.3) is 0 Å². The number of unbranched alkanes of at least 4 members (excludes halogenated alkanes) is 5. The molecular weight excluding hydrogens is 664 g/mol. The van der Waals surface area contributed by atoms with Crippen molar-refractivity contribution in [3.8, 4) is 0 Å². The zero-order valence-electron chi connectivity index (χ0n) is 23.2. The molecule has 0 radical (unpaired) electrons. The van der Waals surface area contributed by atoms with Gasteiger partial charge in [0.1, 0.15) is 0 Å². The molecule has 0 saturated carbocycles. The van der Waals surface area contributed by atoms with Crippen molar-refractivity contribution < 1.29 is 85.9 Å². The molecule has 0 spiro atoms. The van der Waals surface area contributed by atoms with Crippen LogP contribution in [0.2, 0.25) is 0 Å². The number of nitrogens with zero attached hydrogens (tertiary/aromatic N) is 4. The Hall–Kier alpha value is 1.76. The van der Waals surface area contributed by atoms with Crippen molar-refractivity contribution in [2.75, 3.05) is 110 Å². The lowest BCUT2D eigenvalue weighted by Crippen LogP contribution is -3.00. The lowest BCUT2D eigenvalue weighted by Gasteiger charge is -2.31. The van der Waals surface area contributed by atoms with E-state index in [2.05, 4.69) is 70.5 Å². The minimum atomic E-state index is 0. The highest BCUT2D eigenvalue weighted by atomic mass is 79.9. The van der Waals surface area contributed by atoms with Gasteiger partial charge in [-0.2, -0.15) is 0 Å². The quantitative estimate of drug-likeness (QED) is 0.104. The van der Waals surface area contributed by atoms with E-state index in [9.17, 15) is 0 Å². The molecule has 0 aromatic carbocycles. The molecule has 4 nitrogen and oxygen atoms in total. The Morgan fingerprint density at radius 3 is 0.688 bits per heavy atom. The van der Waals surface area contributed by atoms with Gasteiger partial charge in [0, 0.05) is 25.7 Å². The van der Waals surface area contributed by atoms with Gasteiger partial charge in [0.15, 0.2) is 0 Å². The molecule has 0 bridgehead atoms. The second kappa shape index (κ2) is 20.9. The van der Waals surface area contributed by atoms with Gasteiger partial charge < -0.3 is 85.9 Å². The largest absolute Gasteiger partial charge is 1.00 e. The van der Waals surface area contributed by atoms with Gasteiger partial charge in [-0.1, -0.05) is 0 Å². The number of halogens is 4. The number of hydrogen-bond acceptors (Lipinski definition) is 0. The number of quaternary nitrogens is 4. The lowest BCUT2D eigenvalue weighted by molar-refractivity contribution is -0.893. The highest BCUT2D eigenvalue weighted by Gasteiger charge is 2.17. The van der Waals surface area contributed by atoms with Crippen molar-refractivity contribution in [3.05, 3.63) is 0 Å². The van der Waals surface area contributed by atoms with E-state index in [1.807, 2.05) is 0 Å². The summed E-state index contributed by atoms with van der Waals surface area (Å²) in [6.07, 6.45) is 11.0. The third-order valence-corrected chi connectivity index (χ3v) is 5.96. The average molecular weight is 722 g/mol. The Kier molecular flexibility index (Phi) is 28.6. The Morgan fingerprint density at radius 2 is 0.469 bits per heavy atom. The van der Waals surface area contributed by atoms with E-state index in [1.54, 1.807) is 0 Å². The van der Waals surface area contributed by atoms with Gasteiger partial charge in [0.05, 0.1) is 110 Å². The highest BCUT2D eigenvalue weighted by Crippen LogP contribution is 2.11. The minimum absolute atomic E-state index is 0. The van der Waals surface area contributed by atoms with Gasteiger partial charge >= 0.3 is 0 Å². The van der Waals surface area contributed by atoms with E-state index in [0.29, 0.717) is 0 Å². The van der Waals surface area contributed by atoms with Gasteiger partial charge in [0.2, 0.25) is 0 Å². The molecule has 8 heteroatoms. The normalized spacial score (nSPS) is 12.2. The van der Waals surface area contributed by atoms with Crippen LogP contribution in [-0.4, -0.2) is 128 Å². The van der Waals surface area contributed by atoms with Crippen molar-refractivity contribution in [2.45, 2.75) is 51.4 Å². The third kappa shape index (κ3) is 31.8. The molecular formula is C24H58Br4N4. The summed E-state index contributed by atoms with van der Waals surface area (Å²) < 4.78 is 4.59. The van der Waals surface area contributed by atoms with Crippen LogP contribution < -0.4 is 67.9 Å². The number of rotatable bonds is 17. The predicted octanol–water partition coefficient (Wildman–Crippen LogP) is -8.31. The Labute approximate surface area is 245 Å². The minimum Gasteiger partial charge on any atom is -1.00 e. The molecule has 202 valence electrons. The fraction of sp³-hybridized carbons (Fsp3) is 1.00. The fourth-order valence-corrected chi connectivity index (χ4v) is 3.91. The second-order valence-electron chi connectivity index (χ2n) is 12.6. The molecule has 32 heavy (non-hydrogen) atoms. The zero-order chi connectivity index (χ0) is 21.9. The van der Waals surface area contributed by atoms with E-state index in [4.69, 9.17) is 0 Å². The molecule has 0 N–H and O–H groups in total. The Bertz CT molecular complexity index is 368. The predicted molar refractivity (Wildman–Crippen MR) is 126 cm³/mol. The summed E-state index contributed by atoms with van der Waals surface area (Å²) >= 11 is 0. The summed E-state index contributed by atoms with van der Waals surface area (Å²) in [5.41, 5.74) is 0. The maximum absolute atomic E-state index is 2.42. The van der Waals surface area contributed by atoms with Crippen molar-refractivity contribution in [1.29, 1.82) is 0 Å². The molecule has 0 aromatic rings. The zero-order valence-corrected chi connectivity index (χ0v) is 29.5. The molecule has 0 aliphatic carbocycles. The molecule has 0 amide bonds. The van der Waals surface area contributed by atoms with Crippen LogP contribution in [-0.2, 0) is 0 Å².